The zero-order valence-electron chi connectivity index (χ0n) is 14.6. The third-order valence-corrected chi connectivity index (χ3v) is 4.97. The Morgan fingerprint density at radius 3 is 2.84 bits per heavy atom. The summed E-state index contributed by atoms with van der Waals surface area (Å²) in [5.41, 5.74) is 0. The van der Waals surface area contributed by atoms with Crippen LogP contribution in [0.3, 0.4) is 0 Å². The summed E-state index contributed by atoms with van der Waals surface area (Å²) >= 11 is 0. The first-order valence-electron chi connectivity index (χ1n) is 9.25. The van der Waals surface area contributed by atoms with E-state index in [1.807, 2.05) is 10.8 Å². The first-order chi connectivity index (χ1) is 12.2. The van der Waals surface area contributed by atoms with Crippen LogP contribution in [0, 0.1) is 0 Å². The molecule has 2 heterocycles. The zero-order chi connectivity index (χ0) is 17.5. The lowest BCUT2D eigenvalue weighted by atomic mass is 9.96. The largest absolute Gasteiger partial charge is 0.352 e. The van der Waals surface area contributed by atoms with Crippen molar-refractivity contribution in [3.8, 4) is 0 Å². The van der Waals surface area contributed by atoms with Crippen LogP contribution in [0.25, 0.3) is 0 Å². The highest BCUT2D eigenvalue weighted by molar-refractivity contribution is 5.87. The van der Waals surface area contributed by atoms with Crippen molar-refractivity contribution in [2.45, 2.75) is 50.7 Å². The molecule has 3 amide bonds. The van der Waals surface area contributed by atoms with Gasteiger partial charge in [0.05, 0.1) is 6.33 Å². The topological polar surface area (TPSA) is 91.3 Å². The number of urea groups is 1. The van der Waals surface area contributed by atoms with Crippen LogP contribution in [-0.4, -0.2) is 64.7 Å². The fourth-order valence-electron chi connectivity index (χ4n) is 3.53. The molecule has 1 aliphatic carbocycles. The molecule has 0 spiro atoms. The summed E-state index contributed by atoms with van der Waals surface area (Å²) < 4.78 is 1.91. The Kier molecular flexibility index (Phi) is 6.27. The van der Waals surface area contributed by atoms with Gasteiger partial charge in [-0.05, 0) is 12.8 Å². The Labute approximate surface area is 148 Å². The van der Waals surface area contributed by atoms with Gasteiger partial charge in [0.2, 0.25) is 5.91 Å². The van der Waals surface area contributed by atoms with E-state index in [1.54, 1.807) is 17.4 Å². The maximum Gasteiger partial charge on any atom is 0.318 e. The average molecular weight is 348 g/mol. The molecule has 25 heavy (non-hydrogen) atoms. The van der Waals surface area contributed by atoms with Gasteiger partial charge in [0.1, 0.15) is 6.04 Å². The molecule has 3 N–H and O–H groups in total. The first kappa shape index (κ1) is 17.7. The number of nitrogens with one attached hydrogen (secondary N) is 3. The Morgan fingerprint density at radius 2 is 2.08 bits per heavy atom. The van der Waals surface area contributed by atoms with Gasteiger partial charge >= 0.3 is 6.03 Å². The molecule has 1 aromatic heterocycles. The quantitative estimate of drug-likeness (QED) is 0.714. The minimum Gasteiger partial charge on any atom is -0.352 e. The molecule has 8 nitrogen and oxygen atoms in total. The van der Waals surface area contributed by atoms with Crippen molar-refractivity contribution in [1.29, 1.82) is 0 Å². The number of amides is 3. The van der Waals surface area contributed by atoms with Crippen LogP contribution in [0.1, 0.15) is 32.1 Å². The monoisotopic (exact) mass is 348 g/mol. The van der Waals surface area contributed by atoms with Crippen LogP contribution < -0.4 is 16.0 Å². The van der Waals surface area contributed by atoms with Crippen LogP contribution in [0.5, 0.6) is 0 Å². The minimum absolute atomic E-state index is 0.105. The van der Waals surface area contributed by atoms with Gasteiger partial charge in [-0.3, -0.25) is 4.79 Å². The normalized spacial score (nSPS) is 21.8. The molecule has 1 unspecified atom stereocenters. The van der Waals surface area contributed by atoms with Crippen molar-refractivity contribution in [2.24, 2.45) is 0 Å². The molecule has 1 saturated heterocycles. The Morgan fingerprint density at radius 1 is 1.24 bits per heavy atom. The highest BCUT2D eigenvalue weighted by atomic mass is 16.2. The van der Waals surface area contributed by atoms with Gasteiger partial charge in [-0.1, -0.05) is 19.3 Å². The van der Waals surface area contributed by atoms with Gasteiger partial charge in [0.25, 0.3) is 0 Å². The van der Waals surface area contributed by atoms with E-state index in [9.17, 15) is 9.59 Å². The molecule has 0 bridgehead atoms. The molecular formula is C17H28N6O2. The molecule has 1 aromatic rings. The summed E-state index contributed by atoms with van der Waals surface area (Å²) in [5, 5.41) is 9.26. The highest BCUT2D eigenvalue weighted by Gasteiger charge is 2.32. The number of carbonyl (C=O) groups is 2. The maximum absolute atomic E-state index is 12.6. The second kappa shape index (κ2) is 8.84. The molecule has 2 fully saturated rings. The molecule has 1 atom stereocenters. The second-order valence-electron chi connectivity index (χ2n) is 6.79. The fraction of sp³-hybridized carbons (Fsp3) is 0.706. The Hall–Kier alpha value is -2.09. The SMILES string of the molecule is O=C(NCCn1ccnc1)C1CNCCN1C(=O)NC1CCCCC1. The highest BCUT2D eigenvalue weighted by Crippen LogP contribution is 2.18. The summed E-state index contributed by atoms with van der Waals surface area (Å²) in [6, 6.07) is -0.315. The van der Waals surface area contributed by atoms with E-state index in [-0.39, 0.29) is 18.0 Å². The van der Waals surface area contributed by atoms with Gasteiger partial charge in [0.15, 0.2) is 0 Å². The number of piperazine rings is 1. The number of hydrogen-bond acceptors (Lipinski definition) is 4. The number of imidazole rings is 1. The lowest BCUT2D eigenvalue weighted by Gasteiger charge is -2.36. The average Bonchev–Trinajstić information content (AvgIpc) is 3.16. The molecule has 1 saturated carbocycles. The van der Waals surface area contributed by atoms with Crippen LogP contribution >= 0.6 is 0 Å². The predicted molar refractivity (Wildman–Crippen MR) is 94.0 cm³/mol. The van der Waals surface area contributed by atoms with Gasteiger partial charge in [-0.2, -0.15) is 0 Å². The van der Waals surface area contributed by atoms with Crippen LogP contribution in [0.15, 0.2) is 18.7 Å². The number of aromatic nitrogens is 2. The summed E-state index contributed by atoms with van der Waals surface area (Å²) in [7, 11) is 0. The third-order valence-electron chi connectivity index (χ3n) is 4.97. The van der Waals surface area contributed by atoms with Gasteiger partial charge in [0, 0.05) is 51.2 Å². The van der Waals surface area contributed by atoms with E-state index in [2.05, 4.69) is 20.9 Å². The van der Waals surface area contributed by atoms with Crippen molar-refractivity contribution in [2.75, 3.05) is 26.2 Å². The lowest BCUT2D eigenvalue weighted by molar-refractivity contribution is -0.126. The summed E-state index contributed by atoms with van der Waals surface area (Å²) in [5.74, 6) is -0.105. The number of rotatable bonds is 5. The van der Waals surface area contributed by atoms with Gasteiger partial charge in [-0.25, -0.2) is 9.78 Å². The van der Waals surface area contributed by atoms with E-state index in [0.717, 1.165) is 19.4 Å². The Bertz CT molecular complexity index is 555. The molecule has 1 aliphatic heterocycles. The van der Waals surface area contributed by atoms with Gasteiger partial charge < -0.3 is 25.4 Å². The minimum atomic E-state index is -0.458. The summed E-state index contributed by atoms with van der Waals surface area (Å²) in [4.78, 5) is 30.8. The van der Waals surface area contributed by atoms with Crippen molar-refractivity contribution in [1.82, 2.24) is 30.4 Å². The molecule has 8 heteroatoms. The first-order valence-corrected chi connectivity index (χ1v) is 9.25. The van der Waals surface area contributed by atoms with E-state index >= 15 is 0 Å². The number of nitrogens with zero attached hydrogens (tertiary/aromatic N) is 3. The maximum atomic E-state index is 12.6. The molecule has 2 aliphatic rings. The molecule has 0 aromatic carbocycles. The molecule has 3 rings (SSSR count). The molecular weight excluding hydrogens is 320 g/mol. The number of carbonyl (C=O) groups excluding carboxylic acids is 2. The van der Waals surface area contributed by atoms with Crippen LogP contribution in [0.2, 0.25) is 0 Å². The van der Waals surface area contributed by atoms with Crippen molar-refractivity contribution in [3.05, 3.63) is 18.7 Å². The second-order valence-corrected chi connectivity index (χ2v) is 6.79. The van der Waals surface area contributed by atoms with Crippen molar-refractivity contribution in [3.63, 3.8) is 0 Å². The van der Waals surface area contributed by atoms with E-state index < -0.39 is 6.04 Å². The number of hydrogen-bond donors (Lipinski definition) is 3. The third kappa shape index (κ3) is 4.94. The lowest BCUT2D eigenvalue weighted by Crippen LogP contribution is -2.62. The van der Waals surface area contributed by atoms with E-state index in [4.69, 9.17) is 0 Å². The van der Waals surface area contributed by atoms with Crippen molar-refractivity contribution >= 4 is 11.9 Å². The van der Waals surface area contributed by atoms with E-state index in [0.29, 0.717) is 26.2 Å². The van der Waals surface area contributed by atoms with Crippen molar-refractivity contribution < 1.29 is 9.59 Å². The summed E-state index contributed by atoms with van der Waals surface area (Å²) in [6.07, 6.45) is 11.0. The zero-order valence-corrected chi connectivity index (χ0v) is 14.6. The predicted octanol–water partition coefficient (Wildman–Crippen LogP) is 0.315. The van der Waals surface area contributed by atoms with Crippen LogP contribution in [-0.2, 0) is 11.3 Å². The van der Waals surface area contributed by atoms with E-state index in [1.165, 1.54) is 19.3 Å². The Balaban J connectivity index is 1.50. The standard InChI is InChI=1S/C17H28N6O2/c24-16(20-8-10-22-9-6-19-13-22)15-12-18-7-11-23(15)17(25)21-14-4-2-1-3-5-14/h6,9,13-15,18H,1-5,7-8,10-12H2,(H,20,24)(H,21,25). The smallest absolute Gasteiger partial charge is 0.318 e. The van der Waals surface area contributed by atoms with Crippen LogP contribution in [0.4, 0.5) is 4.79 Å². The summed E-state index contributed by atoms with van der Waals surface area (Å²) in [6.45, 7) is 2.95. The molecule has 138 valence electrons. The fourth-order valence-corrected chi connectivity index (χ4v) is 3.53. The van der Waals surface area contributed by atoms with Gasteiger partial charge in [-0.15, -0.1) is 0 Å². The molecule has 0 radical (unpaired) electrons.